The molecule has 2 N–H and O–H groups in total. The largest absolute Gasteiger partial charge is 0.480 e. The molecule has 92 valence electrons. The first-order chi connectivity index (χ1) is 8.09. The molecule has 0 aliphatic carbocycles. The van der Waals surface area contributed by atoms with Crippen LogP contribution in [-0.2, 0) is 9.59 Å². The van der Waals surface area contributed by atoms with Gasteiger partial charge in [-0.05, 0) is 18.6 Å². The smallest absolute Gasteiger partial charge is 0.326 e. The fourth-order valence-corrected chi connectivity index (χ4v) is 2.25. The quantitative estimate of drug-likeness (QED) is 0.758. The maximum atomic E-state index is 10.9. The molecule has 0 saturated carbocycles. The van der Waals surface area contributed by atoms with Gasteiger partial charge in [0.05, 0.1) is 0 Å². The van der Waals surface area contributed by atoms with Gasteiger partial charge in [-0.25, -0.2) is 4.79 Å². The predicted molar refractivity (Wildman–Crippen MR) is 67.0 cm³/mol. The number of thioether (sulfide) groups is 1. The predicted octanol–water partition coefficient (Wildman–Crippen LogP) is 1.76. The van der Waals surface area contributed by atoms with Gasteiger partial charge in [0.2, 0.25) is 5.91 Å². The van der Waals surface area contributed by atoms with E-state index >= 15 is 0 Å². The topological polar surface area (TPSA) is 66.4 Å². The lowest BCUT2D eigenvalue weighted by atomic mass is 10.2. The highest BCUT2D eigenvalue weighted by atomic mass is 32.2. The van der Waals surface area contributed by atoms with Crippen molar-refractivity contribution >= 4 is 23.6 Å². The van der Waals surface area contributed by atoms with Gasteiger partial charge in [-0.2, -0.15) is 0 Å². The molecule has 17 heavy (non-hydrogen) atoms. The highest BCUT2D eigenvalue weighted by Crippen LogP contribution is 2.18. The number of amides is 1. The Morgan fingerprint density at radius 1 is 1.35 bits per heavy atom. The summed E-state index contributed by atoms with van der Waals surface area (Å²) in [5.74, 6) is -0.655. The first-order valence-electron chi connectivity index (χ1n) is 5.27. The van der Waals surface area contributed by atoms with Gasteiger partial charge < -0.3 is 10.4 Å². The number of rotatable bonds is 6. The standard InChI is InChI=1S/C12H15NO3S/c1-9(14)13-11(12(15)16)7-8-17-10-5-3-2-4-6-10/h2-6,11H,7-8H2,1H3,(H,13,14)(H,15,16). The zero-order chi connectivity index (χ0) is 12.7. The second-order valence-corrected chi connectivity index (χ2v) is 4.71. The number of carboxylic acid groups (broad SMARTS) is 1. The maximum Gasteiger partial charge on any atom is 0.326 e. The van der Waals surface area contributed by atoms with Crippen LogP contribution in [0.2, 0.25) is 0 Å². The van der Waals surface area contributed by atoms with E-state index < -0.39 is 12.0 Å². The SMILES string of the molecule is CC(=O)NC(CCSc1ccccc1)C(=O)O. The molecule has 0 heterocycles. The van der Waals surface area contributed by atoms with E-state index in [9.17, 15) is 9.59 Å². The van der Waals surface area contributed by atoms with Gasteiger partial charge in [-0.3, -0.25) is 4.79 Å². The maximum absolute atomic E-state index is 10.9. The van der Waals surface area contributed by atoms with Crippen LogP contribution >= 0.6 is 11.8 Å². The van der Waals surface area contributed by atoms with Crippen LogP contribution in [0.5, 0.6) is 0 Å². The second-order valence-electron chi connectivity index (χ2n) is 3.54. The third-order valence-corrected chi connectivity index (χ3v) is 3.14. The minimum atomic E-state index is -0.992. The summed E-state index contributed by atoms with van der Waals surface area (Å²) in [6.45, 7) is 1.32. The van der Waals surface area contributed by atoms with Crippen molar-refractivity contribution in [2.75, 3.05) is 5.75 Å². The molecule has 5 heteroatoms. The average Bonchev–Trinajstić information content (AvgIpc) is 2.28. The van der Waals surface area contributed by atoms with Crippen LogP contribution in [0.25, 0.3) is 0 Å². The van der Waals surface area contributed by atoms with Crippen molar-refractivity contribution < 1.29 is 14.7 Å². The fourth-order valence-electron chi connectivity index (χ4n) is 1.31. The van der Waals surface area contributed by atoms with Crippen molar-refractivity contribution in [3.05, 3.63) is 30.3 Å². The third-order valence-electron chi connectivity index (χ3n) is 2.09. The summed E-state index contributed by atoms with van der Waals surface area (Å²) in [7, 11) is 0. The van der Waals surface area contributed by atoms with E-state index in [4.69, 9.17) is 5.11 Å². The Bertz CT molecular complexity index is 381. The summed E-state index contributed by atoms with van der Waals surface area (Å²) in [5.41, 5.74) is 0. The fraction of sp³-hybridized carbons (Fsp3) is 0.333. The van der Waals surface area contributed by atoms with Gasteiger partial charge in [0, 0.05) is 17.6 Å². The molecule has 1 aromatic carbocycles. The van der Waals surface area contributed by atoms with E-state index in [1.165, 1.54) is 6.92 Å². The highest BCUT2D eigenvalue weighted by Gasteiger charge is 2.17. The number of hydrogen-bond acceptors (Lipinski definition) is 3. The van der Waals surface area contributed by atoms with Crippen LogP contribution in [0, 0.1) is 0 Å². The summed E-state index contributed by atoms with van der Waals surface area (Å²) in [4.78, 5) is 22.8. The molecule has 1 atom stereocenters. The van der Waals surface area contributed by atoms with E-state index in [1.807, 2.05) is 30.3 Å². The molecule has 1 rings (SSSR count). The molecule has 0 aromatic heterocycles. The number of carbonyl (C=O) groups excluding carboxylic acids is 1. The summed E-state index contributed by atoms with van der Waals surface area (Å²) in [6.07, 6.45) is 0.411. The van der Waals surface area contributed by atoms with Crippen molar-refractivity contribution in [3.63, 3.8) is 0 Å². The second kappa shape index (κ2) is 6.96. The van der Waals surface area contributed by atoms with E-state index in [-0.39, 0.29) is 5.91 Å². The number of aliphatic carboxylic acids is 1. The molecular formula is C12H15NO3S. The Kier molecular flexibility index (Phi) is 5.56. The Labute approximate surface area is 104 Å². The van der Waals surface area contributed by atoms with Gasteiger partial charge >= 0.3 is 5.97 Å². The molecule has 1 aromatic rings. The van der Waals surface area contributed by atoms with Gasteiger partial charge in [0.15, 0.2) is 0 Å². The number of nitrogens with one attached hydrogen (secondary N) is 1. The first kappa shape index (κ1) is 13.6. The zero-order valence-electron chi connectivity index (χ0n) is 9.55. The van der Waals surface area contributed by atoms with E-state index in [1.54, 1.807) is 11.8 Å². The molecular weight excluding hydrogens is 238 g/mol. The number of carbonyl (C=O) groups is 2. The van der Waals surface area contributed by atoms with Crippen LogP contribution in [0.15, 0.2) is 35.2 Å². The van der Waals surface area contributed by atoms with Gasteiger partial charge in [-0.1, -0.05) is 18.2 Å². The molecule has 0 spiro atoms. The van der Waals surface area contributed by atoms with Crippen molar-refractivity contribution in [1.29, 1.82) is 0 Å². The third kappa shape index (κ3) is 5.40. The molecule has 0 aliphatic heterocycles. The Balaban J connectivity index is 2.37. The number of hydrogen-bond donors (Lipinski definition) is 2. The van der Waals surface area contributed by atoms with Crippen LogP contribution in [0.1, 0.15) is 13.3 Å². The molecule has 0 bridgehead atoms. The molecule has 1 amide bonds. The molecule has 0 aliphatic rings. The highest BCUT2D eigenvalue weighted by molar-refractivity contribution is 7.99. The molecule has 4 nitrogen and oxygen atoms in total. The molecule has 0 saturated heterocycles. The Morgan fingerprint density at radius 3 is 2.53 bits per heavy atom. The summed E-state index contributed by atoms with van der Waals surface area (Å²) >= 11 is 1.58. The van der Waals surface area contributed by atoms with Crippen LogP contribution in [0.3, 0.4) is 0 Å². The van der Waals surface area contributed by atoms with E-state index in [0.29, 0.717) is 12.2 Å². The lowest BCUT2D eigenvalue weighted by Crippen LogP contribution is -2.39. The Hall–Kier alpha value is -1.49. The van der Waals surface area contributed by atoms with Gasteiger partial charge in [0.25, 0.3) is 0 Å². The number of carboxylic acids is 1. The lowest BCUT2D eigenvalue weighted by Gasteiger charge is -2.12. The van der Waals surface area contributed by atoms with Gasteiger partial charge in [-0.15, -0.1) is 11.8 Å². The van der Waals surface area contributed by atoms with Crippen molar-refractivity contribution in [3.8, 4) is 0 Å². The minimum absolute atomic E-state index is 0.317. The molecule has 1 unspecified atom stereocenters. The summed E-state index contributed by atoms with van der Waals surface area (Å²) in [5, 5.41) is 11.3. The van der Waals surface area contributed by atoms with E-state index in [2.05, 4.69) is 5.32 Å². The first-order valence-corrected chi connectivity index (χ1v) is 6.26. The lowest BCUT2D eigenvalue weighted by molar-refractivity contribution is -0.141. The Morgan fingerprint density at radius 2 is 2.00 bits per heavy atom. The van der Waals surface area contributed by atoms with E-state index in [0.717, 1.165) is 4.90 Å². The molecule has 0 radical (unpaired) electrons. The summed E-state index contributed by atoms with van der Waals surface area (Å²) < 4.78 is 0. The summed E-state index contributed by atoms with van der Waals surface area (Å²) in [6, 6.07) is 8.94. The van der Waals surface area contributed by atoms with Crippen LogP contribution in [0.4, 0.5) is 0 Å². The minimum Gasteiger partial charge on any atom is -0.480 e. The normalized spacial score (nSPS) is 11.8. The van der Waals surface area contributed by atoms with Crippen molar-refractivity contribution in [2.45, 2.75) is 24.3 Å². The van der Waals surface area contributed by atoms with Crippen molar-refractivity contribution in [2.24, 2.45) is 0 Å². The average molecular weight is 253 g/mol. The van der Waals surface area contributed by atoms with Gasteiger partial charge in [0.1, 0.15) is 6.04 Å². The zero-order valence-corrected chi connectivity index (χ0v) is 10.4. The number of benzene rings is 1. The van der Waals surface area contributed by atoms with Crippen LogP contribution < -0.4 is 5.32 Å². The monoisotopic (exact) mass is 253 g/mol. The molecule has 0 fully saturated rings. The van der Waals surface area contributed by atoms with Crippen LogP contribution in [-0.4, -0.2) is 28.8 Å². The van der Waals surface area contributed by atoms with Crippen molar-refractivity contribution in [1.82, 2.24) is 5.32 Å².